The molecule has 1 aromatic heterocycles. The molecule has 0 radical (unpaired) electrons. The molecule has 3 aromatic carbocycles. The molecule has 0 bridgehead atoms. The minimum absolute atomic E-state index is 0.127. The lowest BCUT2D eigenvalue weighted by atomic mass is 10.2. The predicted molar refractivity (Wildman–Crippen MR) is 98.3 cm³/mol. The van der Waals surface area contributed by atoms with Crippen molar-refractivity contribution in [2.24, 2.45) is 0 Å². The van der Waals surface area contributed by atoms with Crippen LogP contribution in [0.3, 0.4) is 0 Å². The van der Waals surface area contributed by atoms with Gasteiger partial charge in [0.05, 0.1) is 22.3 Å². The minimum atomic E-state index is -3.87. The van der Waals surface area contributed by atoms with Crippen LogP contribution in [0.4, 0.5) is 10.1 Å². The Labute approximate surface area is 149 Å². The Bertz CT molecular complexity index is 1190. The van der Waals surface area contributed by atoms with E-state index >= 15 is 0 Å². The average Bonchev–Trinajstić information content (AvgIpc) is 3.05. The number of anilines is 1. The number of para-hydroxylation sites is 1. The molecule has 0 unspecified atom stereocenters. The molecule has 4 aromatic rings. The third-order valence-corrected chi connectivity index (χ3v) is 5.31. The van der Waals surface area contributed by atoms with Crippen molar-refractivity contribution < 1.29 is 12.8 Å². The Morgan fingerprint density at radius 1 is 0.923 bits per heavy atom. The quantitative estimate of drug-likeness (QED) is 0.594. The number of hydrogen-bond donors (Lipinski definition) is 1. The summed E-state index contributed by atoms with van der Waals surface area (Å²) in [7, 11) is -3.87. The number of fused-ring (bicyclic) bond motifs is 1. The molecule has 1 heterocycles. The first-order valence-electron chi connectivity index (χ1n) is 7.84. The van der Waals surface area contributed by atoms with Crippen molar-refractivity contribution in [3.05, 3.63) is 84.8 Å². The highest BCUT2D eigenvalue weighted by molar-refractivity contribution is 7.92. The Morgan fingerprint density at radius 2 is 1.73 bits per heavy atom. The van der Waals surface area contributed by atoms with E-state index in [1.54, 1.807) is 29.1 Å². The lowest BCUT2D eigenvalue weighted by Crippen LogP contribution is -2.13. The third kappa shape index (κ3) is 3.04. The predicted octanol–water partition coefficient (Wildman–Crippen LogP) is 3.97. The van der Waals surface area contributed by atoms with E-state index < -0.39 is 15.8 Å². The fourth-order valence-corrected chi connectivity index (χ4v) is 3.80. The number of nitrogens with one attached hydrogen (secondary N) is 1. The van der Waals surface area contributed by atoms with Crippen molar-refractivity contribution >= 4 is 26.6 Å². The highest BCUT2D eigenvalue weighted by atomic mass is 32.2. The number of rotatable bonds is 4. The molecule has 130 valence electrons. The van der Waals surface area contributed by atoms with Gasteiger partial charge in [-0.05, 0) is 48.5 Å². The zero-order valence-corrected chi connectivity index (χ0v) is 14.3. The van der Waals surface area contributed by atoms with E-state index in [1.807, 2.05) is 30.3 Å². The van der Waals surface area contributed by atoms with Crippen molar-refractivity contribution in [1.29, 1.82) is 0 Å². The van der Waals surface area contributed by atoms with Crippen LogP contribution in [0.2, 0.25) is 0 Å². The van der Waals surface area contributed by atoms with Crippen LogP contribution < -0.4 is 4.72 Å². The number of benzene rings is 3. The van der Waals surface area contributed by atoms with Gasteiger partial charge >= 0.3 is 0 Å². The number of nitrogens with zero attached hydrogens (tertiary/aromatic N) is 2. The van der Waals surface area contributed by atoms with Crippen LogP contribution in [-0.2, 0) is 10.0 Å². The van der Waals surface area contributed by atoms with Gasteiger partial charge in [-0.1, -0.05) is 24.3 Å². The Hall–Kier alpha value is -3.19. The summed E-state index contributed by atoms with van der Waals surface area (Å²) in [5.74, 6) is -0.604. The largest absolute Gasteiger partial charge is 0.280 e. The molecular formula is C19H14FN3O2S. The van der Waals surface area contributed by atoms with Crippen LogP contribution in [0, 0.1) is 5.82 Å². The molecule has 0 fully saturated rings. The zero-order valence-electron chi connectivity index (χ0n) is 13.5. The first-order chi connectivity index (χ1) is 12.5. The molecule has 0 saturated carbocycles. The summed E-state index contributed by atoms with van der Waals surface area (Å²) < 4.78 is 42.4. The van der Waals surface area contributed by atoms with Gasteiger partial charge in [-0.3, -0.25) is 4.72 Å². The molecule has 4 rings (SSSR count). The fourth-order valence-electron chi connectivity index (χ4n) is 2.72. The molecule has 5 nitrogen and oxygen atoms in total. The maximum absolute atomic E-state index is 13.3. The molecule has 0 atom stereocenters. The van der Waals surface area contributed by atoms with E-state index in [9.17, 15) is 12.8 Å². The van der Waals surface area contributed by atoms with Gasteiger partial charge in [0, 0.05) is 11.1 Å². The summed E-state index contributed by atoms with van der Waals surface area (Å²) in [5.41, 5.74) is 2.15. The zero-order chi connectivity index (χ0) is 18.1. The van der Waals surface area contributed by atoms with Crippen molar-refractivity contribution in [2.75, 3.05) is 4.72 Å². The van der Waals surface area contributed by atoms with Crippen LogP contribution in [0.25, 0.3) is 16.6 Å². The van der Waals surface area contributed by atoms with Gasteiger partial charge in [0.25, 0.3) is 10.0 Å². The summed E-state index contributed by atoms with van der Waals surface area (Å²) >= 11 is 0. The van der Waals surface area contributed by atoms with E-state index in [1.165, 1.54) is 18.2 Å². The Kier molecular flexibility index (Phi) is 3.93. The average molecular weight is 367 g/mol. The second-order valence-electron chi connectivity index (χ2n) is 5.73. The standard InChI is InChI=1S/C19H14FN3O2S/c20-15-5-4-8-18(12-15)26(24,25)22-16-9-10-19-14(11-16)13-21-23(19)17-6-2-1-3-7-17/h1-13,22H. The van der Waals surface area contributed by atoms with Crippen molar-refractivity contribution in [3.63, 3.8) is 0 Å². The van der Waals surface area contributed by atoms with Gasteiger partial charge in [0.2, 0.25) is 0 Å². The van der Waals surface area contributed by atoms with Crippen molar-refractivity contribution in [3.8, 4) is 5.69 Å². The molecule has 1 N–H and O–H groups in total. The van der Waals surface area contributed by atoms with Gasteiger partial charge in [-0.25, -0.2) is 17.5 Å². The second kappa shape index (κ2) is 6.27. The fraction of sp³-hybridized carbons (Fsp3) is 0. The van der Waals surface area contributed by atoms with E-state index in [4.69, 9.17) is 0 Å². The first kappa shape index (κ1) is 16.3. The van der Waals surface area contributed by atoms with E-state index in [0.29, 0.717) is 5.69 Å². The van der Waals surface area contributed by atoms with E-state index in [-0.39, 0.29) is 4.90 Å². The lowest BCUT2D eigenvalue weighted by Gasteiger charge is -2.09. The molecule has 0 aliphatic carbocycles. The first-order valence-corrected chi connectivity index (χ1v) is 9.33. The molecule has 0 saturated heterocycles. The van der Waals surface area contributed by atoms with Crippen LogP contribution in [0.15, 0.2) is 83.9 Å². The normalized spacial score (nSPS) is 11.6. The molecule has 0 amide bonds. The van der Waals surface area contributed by atoms with Crippen LogP contribution in [0.1, 0.15) is 0 Å². The highest BCUT2D eigenvalue weighted by Gasteiger charge is 2.15. The lowest BCUT2D eigenvalue weighted by molar-refractivity contribution is 0.595. The van der Waals surface area contributed by atoms with Crippen molar-refractivity contribution in [2.45, 2.75) is 4.90 Å². The van der Waals surface area contributed by atoms with Crippen LogP contribution in [-0.4, -0.2) is 18.2 Å². The number of aromatic nitrogens is 2. The molecule has 26 heavy (non-hydrogen) atoms. The van der Waals surface area contributed by atoms with Crippen LogP contribution >= 0.6 is 0 Å². The van der Waals surface area contributed by atoms with E-state index in [2.05, 4.69) is 9.82 Å². The summed E-state index contributed by atoms with van der Waals surface area (Å²) in [4.78, 5) is -0.127. The Morgan fingerprint density at radius 3 is 2.50 bits per heavy atom. The minimum Gasteiger partial charge on any atom is -0.280 e. The number of hydrogen-bond acceptors (Lipinski definition) is 3. The van der Waals surface area contributed by atoms with Gasteiger partial charge < -0.3 is 0 Å². The van der Waals surface area contributed by atoms with Gasteiger partial charge in [-0.15, -0.1) is 0 Å². The van der Waals surface area contributed by atoms with Gasteiger partial charge in [0.15, 0.2) is 0 Å². The second-order valence-corrected chi connectivity index (χ2v) is 7.41. The smallest absolute Gasteiger partial charge is 0.261 e. The van der Waals surface area contributed by atoms with Gasteiger partial charge in [-0.2, -0.15) is 5.10 Å². The summed E-state index contributed by atoms with van der Waals surface area (Å²) in [5, 5.41) is 5.15. The molecule has 0 spiro atoms. The highest BCUT2D eigenvalue weighted by Crippen LogP contribution is 2.24. The summed E-state index contributed by atoms with van der Waals surface area (Å²) in [6.07, 6.45) is 1.67. The summed E-state index contributed by atoms with van der Waals surface area (Å²) in [6.45, 7) is 0. The summed E-state index contributed by atoms with van der Waals surface area (Å²) in [6, 6.07) is 19.7. The molecule has 7 heteroatoms. The van der Waals surface area contributed by atoms with Crippen LogP contribution in [0.5, 0.6) is 0 Å². The molecule has 0 aliphatic heterocycles. The topological polar surface area (TPSA) is 64.0 Å². The molecule has 0 aliphatic rings. The van der Waals surface area contributed by atoms with E-state index in [0.717, 1.165) is 22.7 Å². The number of halogens is 1. The SMILES string of the molecule is O=S(=O)(Nc1ccc2c(cnn2-c2ccccc2)c1)c1cccc(F)c1. The maximum Gasteiger partial charge on any atom is 0.261 e. The molecular weight excluding hydrogens is 353 g/mol. The van der Waals surface area contributed by atoms with Gasteiger partial charge in [0.1, 0.15) is 5.82 Å². The third-order valence-electron chi connectivity index (χ3n) is 3.93. The van der Waals surface area contributed by atoms with Crippen molar-refractivity contribution in [1.82, 2.24) is 9.78 Å². The maximum atomic E-state index is 13.3. The Balaban J connectivity index is 1.69. The number of sulfonamides is 1. The monoisotopic (exact) mass is 367 g/mol.